The van der Waals surface area contributed by atoms with Crippen molar-refractivity contribution in [3.63, 3.8) is 0 Å². The number of hydrogen-bond acceptors (Lipinski definition) is 5. The number of anilines is 1. The number of carbonyl (C=O) groups is 1. The van der Waals surface area contributed by atoms with Crippen LogP contribution in [0.15, 0.2) is 65.7 Å². The predicted octanol–water partition coefficient (Wildman–Crippen LogP) is 4.63. The molecule has 4 rings (SSSR count). The maximum Gasteiger partial charge on any atom is 0.288 e. The van der Waals surface area contributed by atoms with E-state index in [2.05, 4.69) is 14.8 Å². The molecule has 1 aromatic heterocycles. The van der Waals surface area contributed by atoms with Crippen molar-refractivity contribution in [3.05, 3.63) is 101 Å². The quantitative estimate of drug-likeness (QED) is 0.341. The minimum Gasteiger partial charge on any atom is -0.359 e. The second-order valence-corrected chi connectivity index (χ2v) is 8.44. The fourth-order valence-electron chi connectivity index (χ4n) is 3.01. The Morgan fingerprint density at radius 1 is 1.00 bits per heavy atom. The zero-order valence-corrected chi connectivity index (χ0v) is 17.2. The summed E-state index contributed by atoms with van der Waals surface area (Å²) in [7, 11) is -4.35. The minimum atomic E-state index is -4.35. The molecule has 1 heterocycles. The van der Waals surface area contributed by atoms with Crippen LogP contribution in [0, 0.1) is 24.0 Å². The van der Waals surface area contributed by atoms with Gasteiger partial charge in [-0.25, -0.2) is 21.6 Å². The van der Waals surface area contributed by atoms with E-state index in [-0.39, 0.29) is 16.9 Å². The third kappa shape index (κ3) is 4.37. The lowest BCUT2D eigenvalue weighted by atomic mass is 10.0. The van der Waals surface area contributed by atoms with Crippen molar-refractivity contribution in [1.29, 1.82) is 0 Å². The van der Waals surface area contributed by atoms with Gasteiger partial charge in [0.05, 0.1) is 22.3 Å². The van der Waals surface area contributed by atoms with Gasteiger partial charge in [-0.3, -0.25) is 14.5 Å². The van der Waals surface area contributed by atoms with Crippen LogP contribution in [0.25, 0.3) is 15.9 Å². The first-order valence-corrected chi connectivity index (χ1v) is 10.6. The summed E-state index contributed by atoms with van der Waals surface area (Å²) in [6, 6.07) is 9.49. The maximum atomic E-state index is 14.5. The molecule has 0 aliphatic carbocycles. The fraction of sp³-hybridized carbons (Fsp3) is 0. The van der Waals surface area contributed by atoms with E-state index in [4.69, 9.17) is 6.57 Å². The van der Waals surface area contributed by atoms with Crippen molar-refractivity contribution in [3.8, 4) is 0 Å². The smallest absolute Gasteiger partial charge is 0.288 e. The molecule has 0 unspecified atom stereocenters. The number of fused-ring (bicyclic) bond motifs is 1. The molecule has 3 aromatic carbocycles. The molecular weight excluding hydrogens is 457 g/mol. The van der Waals surface area contributed by atoms with Crippen molar-refractivity contribution in [1.82, 2.24) is 9.97 Å². The van der Waals surface area contributed by atoms with Gasteiger partial charge >= 0.3 is 0 Å². The molecule has 0 fully saturated rings. The number of nitrogens with one attached hydrogen (secondary N) is 1. The van der Waals surface area contributed by atoms with Gasteiger partial charge in [0.25, 0.3) is 15.8 Å². The Balaban J connectivity index is 1.73. The van der Waals surface area contributed by atoms with Gasteiger partial charge in [-0.2, -0.15) is 0 Å². The van der Waals surface area contributed by atoms with Gasteiger partial charge in [-0.1, -0.05) is 12.6 Å². The minimum absolute atomic E-state index is 0.0157. The SMILES string of the molecule is [C-]#[N+]c1cnc2ccc(C(=O)c3cc(NS(=O)(=O)c4cccc(F)c4)cc(F)c3F)cc2n1. The van der Waals surface area contributed by atoms with Crippen LogP contribution >= 0.6 is 0 Å². The lowest BCUT2D eigenvalue weighted by Gasteiger charge is -2.11. The van der Waals surface area contributed by atoms with E-state index < -0.39 is 49.4 Å². The van der Waals surface area contributed by atoms with Crippen LogP contribution in [0.4, 0.5) is 24.7 Å². The second kappa shape index (κ2) is 8.33. The molecule has 0 saturated heterocycles. The number of rotatable bonds is 5. The Hall–Kier alpha value is -4.30. The molecule has 0 bridgehead atoms. The second-order valence-electron chi connectivity index (χ2n) is 6.76. The predicted molar refractivity (Wildman–Crippen MR) is 113 cm³/mol. The third-order valence-corrected chi connectivity index (χ3v) is 5.92. The number of sulfonamides is 1. The van der Waals surface area contributed by atoms with Crippen LogP contribution in [0.1, 0.15) is 15.9 Å². The van der Waals surface area contributed by atoms with Gasteiger partial charge in [0, 0.05) is 17.7 Å². The first-order valence-electron chi connectivity index (χ1n) is 9.14. The Kier molecular flexibility index (Phi) is 5.53. The average molecular weight is 468 g/mol. The molecule has 0 aliphatic heterocycles. The molecule has 4 aromatic rings. The summed E-state index contributed by atoms with van der Waals surface area (Å²) in [5.74, 6) is -4.71. The monoisotopic (exact) mass is 468 g/mol. The van der Waals surface area contributed by atoms with Gasteiger partial charge in [0.15, 0.2) is 22.9 Å². The summed E-state index contributed by atoms with van der Waals surface area (Å²) in [4.78, 5) is 23.7. The summed E-state index contributed by atoms with van der Waals surface area (Å²) in [6.07, 6.45) is 1.25. The molecule has 164 valence electrons. The standard InChI is InChI=1S/C22H11F3N4O3S/c1-26-20-11-27-18-6-5-12(7-19(18)28-20)22(30)16-9-14(10-17(24)21(16)25)29-33(31,32)15-4-2-3-13(23)8-15/h2-11,29H. The molecule has 0 aliphatic rings. The van der Waals surface area contributed by atoms with Crippen LogP contribution in [0.5, 0.6) is 0 Å². The highest BCUT2D eigenvalue weighted by Gasteiger charge is 2.22. The van der Waals surface area contributed by atoms with Crippen molar-refractivity contribution in [2.24, 2.45) is 0 Å². The Bertz CT molecular complexity index is 1580. The van der Waals surface area contributed by atoms with Crippen LogP contribution in [0.3, 0.4) is 0 Å². The fourth-order valence-corrected chi connectivity index (χ4v) is 4.09. The lowest BCUT2D eigenvalue weighted by molar-refractivity contribution is 0.103. The number of aromatic nitrogens is 2. The van der Waals surface area contributed by atoms with Gasteiger partial charge in [-0.15, -0.1) is 4.98 Å². The lowest BCUT2D eigenvalue weighted by Crippen LogP contribution is -2.15. The first-order chi connectivity index (χ1) is 15.7. The van der Waals surface area contributed by atoms with E-state index in [9.17, 15) is 26.4 Å². The number of halogens is 3. The summed E-state index contributed by atoms with van der Waals surface area (Å²) < 4.78 is 69.1. The third-order valence-electron chi connectivity index (χ3n) is 4.54. The van der Waals surface area contributed by atoms with Crippen LogP contribution in [-0.4, -0.2) is 24.2 Å². The summed E-state index contributed by atoms with van der Waals surface area (Å²) >= 11 is 0. The number of benzene rings is 3. The number of ketones is 1. The maximum absolute atomic E-state index is 14.5. The van der Waals surface area contributed by atoms with Crippen LogP contribution in [0.2, 0.25) is 0 Å². The number of carbonyl (C=O) groups excluding carboxylic acids is 1. The molecule has 0 spiro atoms. The zero-order valence-electron chi connectivity index (χ0n) is 16.4. The van der Waals surface area contributed by atoms with Gasteiger partial charge in [-0.05, 0) is 36.4 Å². The molecule has 0 radical (unpaired) electrons. The Labute approximate surface area is 185 Å². The van der Waals surface area contributed by atoms with Gasteiger partial charge in [0.1, 0.15) is 11.3 Å². The first kappa shape index (κ1) is 21.9. The van der Waals surface area contributed by atoms with Crippen LogP contribution in [-0.2, 0) is 10.0 Å². The van der Waals surface area contributed by atoms with E-state index in [1.807, 2.05) is 4.72 Å². The van der Waals surface area contributed by atoms with E-state index in [1.54, 1.807) is 0 Å². The summed E-state index contributed by atoms with van der Waals surface area (Å²) in [5.41, 5.74) is -0.680. The van der Waals surface area contributed by atoms with E-state index >= 15 is 0 Å². The molecular formula is C22H11F3N4O3S. The van der Waals surface area contributed by atoms with Crippen molar-refractivity contribution in [2.75, 3.05) is 4.72 Å². The van der Waals surface area contributed by atoms with Crippen LogP contribution < -0.4 is 4.72 Å². The summed E-state index contributed by atoms with van der Waals surface area (Å²) in [6.45, 7) is 7.00. The number of hydrogen-bond donors (Lipinski definition) is 1. The Morgan fingerprint density at radius 2 is 1.79 bits per heavy atom. The molecule has 1 N–H and O–H groups in total. The molecule has 7 nitrogen and oxygen atoms in total. The van der Waals surface area contributed by atoms with E-state index in [0.29, 0.717) is 11.6 Å². The molecule has 33 heavy (non-hydrogen) atoms. The molecule has 0 amide bonds. The average Bonchev–Trinajstić information content (AvgIpc) is 2.79. The van der Waals surface area contributed by atoms with Gasteiger partial charge in [0.2, 0.25) is 0 Å². The molecule has 11 heteroatoms. The summed E-state index contributed by atoms with van der Waals surface area (Å²) in [5, 5.41) is 0. The highest BCUT2D eigenvalue weighted by atomic mass is 32.2. The number of nitrogens with zero attached hydrogens (tertiary/aromatic N) is 3. The largest absolute Gasteiger partial charge is 0.359 e. The topological polar surface area (TPSA) is 93.4 Å². The molecule has 0 saturated carbocycles. The molecule has 0 atom stereocenters. The van der Waals surface area contributed by atoms with E-state index in [0.717, 1.165) is 24.3 Å². The Morgan fingerprint density at radius 3 is 2.52 bits per heavy atom. The highest BCUT2D eigenvalue weighted by Crippen LogP contribution is 2.25. The van der Waals surface area contributed by atoms with E-state index in [1.165, 1.54) is 30.5 Å². The van der Waals surface area contributed by atoms with Gasteiger partial charge < -0.3 is 4.85 Å². The van der Waals surface area contributed by atoms with Crippen molar-refractivity contribution < 1.29 is 26.4 Å². The van der Waals surface area contributed by atoms with Crippen molar-refractivity contribution >= 4 is 38.3 Å². The highest BCUT2D eigenvalue weighted by molar-refractivity contribution is 7.92. The zero-order chi connectivity index (χ0) is 23.8. The van der Waals surface area contributed by atoms with Crippen molar-refractivity contribution in [2.45, 2.75) is 4.90 Å². The normalized spacial score (nSPS) is 11.2.